The summed E-state index contributed by atoms with van der Waals surface area (Å²) >= 11 is 0. The number of nitrogens with one attached hydrogen (secondary N) is 2. The van der Waals surface area contributed by atoms with Crippen molar-refractivity contribution in [2.75, 3.05) is 6.54 Å². The quantitative estimate of drug-likeness (QED) is 0.834. The zero-order chi connectivity index (χ0) is 20.2. The average Bonchev–Trinajstić information content (AvgIpc) is 2.66. The summed E-state index contributed by atoms with van der Waals surface area (Å²) < 4.78 is 0. The molecule has 0 saturated heterocycles. The summed E-state index contributed by atoms with van der Waals surface area (Å²) in [4.78, 5) is 33.0. The van der Waals surface area contributed by atoms with E-state index in [-0.39, 0.29) is 28.7 Å². The van der Waals surface area contributed by atoms with Gasteiger partial charge in [-0.05, 0) is 54.4 Å². The van der Waals surface area contributed by atoms with Crippen molar-refractivity contribution >= 4 is 11.8 Å². The number of hydrogen-bond donors (Lipinski definition) is 2. The molecule has 2 heterocycles. The summed E-state index contributed by atoms with van der Waals surface area (Å²) in [5.41, 5.74) is 1.09. The second-order valence-electron chi connectivity index (χ2n) is 8.90. The van der Waals surface area contributed by atoms with E-state index < -0.39 is 0 Å². The molecule has 1 aliphatic carbocycles. The first kappa shape index (κ1) is 20.0. The molecule has 2 N–H and O–H groups in total. The Balaban J connectivity index is 1.65. The molecule has 6 nitrogen and oxygen atoms in total. The molecule has 2 amide bonds. The van der Waals surface area contributed by atoms with Gasteiger partial charge in [0.1, 0.15) is 0 Å². The number of aromatic nitrogens is 2. The van der Waals surface area contributed by atoms with Crippen molar-refractivity contribution in [1.29, 1.82) is 0 Å². The number of rotatable bonds is 5. The normalized spacial score (nSPS) is 23.6. The predicted octanol–water partition coefficient (Wildman–Crippen LogP) is 3.22. The molecule has 0 radical (unpaired) electrons. The van der Waals surface area contributed by atoms with Crippen LogP contribution in [0.2, 0.25) is 0 Å². The van der Waals surface area contributed by atoms with Crippen molar-refractivity contribution in [3.63, 3.8) is 0 Å². The second kappa shape index (κ2) is 8.09. The first-order chi connectivity index (χ1) is 13.3. The summed E-state index contributed by atoms with van der Waals surface area (Å²) in [5.74, 6) is -0.216. The van der Waals surface area contributed by atoms with E-state index in [9.17, 15) is 9.59 Å². The molecule has 6 heteroatoms. The SMILES string of the molecule is CC1(C)CC(NC(=O)c2cccnc2)CC(C)(CNC(=O)c2cccnc2)C1. The Bertz CT molecular complexity index is 823. The van der Waals surface area contributed by atoms with Crippen LogP contribution in [0.4, 0.5) is 0 Å². The minimum atomic E-state index is -0.117. The van der Waals surface area contributed by atoms with Gasteiger partial charge < -0.3 is 10.6 Å². The fourth-order valence-electron chi connectivity index (χ4n) is 4.53. The largest absolute Gasteiger partial charge is 0.351 e. The van der Waals surface area contributed by atoms with E-state index in [2.05, 4.69) is 41.4 Å². The third-order valence-electron chi connectivity index (χ3n) is 5.30. The minimum Gasteiger partial charge on any atom is -0.351 e. The molecule has 0 aliphatic heterocycles. The monoisotopic (exact) mass is 380 g/mol. The van der Waals surface area contributed by atoms with Crippen LogP contribution in [0, 0.1) is 10.8 Å². The van der Waals surface area contributed by atoms with E-state index in [0.717, 1.165) is 19.3 Å². The van der Waals surface area contributed by atoms with Gasteiger partial charge in [-0.1, -0.05) is 20.8 Å². The van der Waals surface area contributed by atoms with Crippen molar-refractivity contribution in [3.8, 4) is 0 Å². The van der Waals surface area contributed by atoms with Crippen molar-refractivity contribution in [1.82, 2.24) is 20.6 Å². The highest BCUT2D eigenvalue weighted by atomic mass is 16.2. The van der Waals surface area contributed by atoms with Crippen molar-refractivity contribution in [2.45, 2.75) is 46.1 Å². The van der Waals surface area contributed by atoms with Gasteiger partial charge in [0, 0.05) is 37.4 Å². The van der Waals surface area contributed by atoms with Crippen LogP contribution in [0.25, 0.3) is 0 Å². The molecule has 28 heavy (non-hydrogen) atoms. The molecule has 2 aromatic rings. The van der Waals surface area contributed by atoms with E-state index >= 15 is 0 Å². The lowest BCUT2D eigenvalue weighted by atomic mass is 9.62. The maximum atomic E-state index is 12.6. The first-order valence-electron chi connectivity index (χ1n) is 9.66. The molecule has 0 aromatic carbocycles. The lowest BCUT2D eigenvalue weighted by molar-refractivity contribution is 0.0592. The Morgan fingerprint density at radius 3 is 2.18 bits per heavy atom. The van der Waals surface area contributed by atoms with E-state index in [1.807, 2.05) is 0 Å². The van der Waals surface area contributed by atoms with Gasteiger partial charge in [0.05, 0.1) is 11.1 Å². The topological polar surface area (TPSA) is 84.0 Å². The number of carbonyl (C=O) groups is 2. The average molecular weight is 380 g/mol. The lowest BCUT2D eigenvalue weighted by Crippen LogP contribution is -2.50. The summed E-state index contributed by atoms with van der Waals surface area (Å²) in [7, 11) is 0. The first-order valence-corrected chi connectivity index (χ1v) is 9.66. The molecule has 2 atom stereocenters. The number of nitrogens with zero attached hydrogens (tertiary/aromatic N) is 2. The molecular weight excluding hydrogens is 352 g/mol. The molecule has 0 bridgehead atoms. The number of carbonyl (C=O) groups excluding carboxylic acids is 2. The van der Waals surface area contributed by atoms with E-state index in [4.69, 9.17) is 0 Å². The standard InChI is InChI=1S/C22H28N4O2/c1-21(2)10-18(26-20(28)17-7-5-9-24-13-17)11-22(3,14-21)15-25-19(27)16-6-4-8-23-12-16/h4-9,12-13,18H,10-11,14-15H2,1-3H3,(H,25,27)(H,26,28). The van der Waals surface area contributed by atoms with Gasteiger partial charge in [0.2, 0.25) is 0 Å². The molecule has 2 aromatic heterocycles. The predicted molar refractivity (Wildman–Crippen MR) is 108 cm³/mol. The molecule has 148 valence electrons. The van der Waals surface area contributed by atoms with Gasteiger partial charge >= 0.3 is 0 Å². The molecule has 2 unspecified atom stereocenters. The van der Waals surface area contributed by atoms with Crippen molar-refractivity contribution in [3.05, 3.63) is 60.2 Å². The van der Waals surface area contributed by atoms with Crippen LogP contribution in [-0.2, 0) is 0 Å². The van der Waals surface area contributed by atoms with Crippen LogP contribution in [0.1, 0.15) is 60.7 Å². The Labute approximate surface area is 166 Å². The van der Waals surface area contributed by atoms with Gasteiger partial charge in [-0.15, -0.1) is 0 Å². The number of pyridine rings is 2. The Hall–Kier alpha value is -2.76. The number of amides is 2. The lowest BCUT2D eigenvalue weighted by Gasteiger charge is -2.47. The van der Waals surface area contributed by atoms with E-state index in [1.54, 1.807) is 49.1 Å². The summed E-state index contributed by atoms with van der Waals surface area (Å²) in [6, 6.07) is 7.09. The molecule has 0 spiro atoms. The van der Waals surface area contributed by atoms with Crippen molar-refractivity contribution in [2.24, 2.45) is 10.8 Å². The van der Waals surface area contributed by atoms with E-state index in [1.165, 1.54) is 0 Å². The Kier molecular flexibility index (Phi) is 5.77. The second-order valence-corrected chi connectivity index (χ2v) is 8.90. The molecular formula is C22H28N4O2. The smallest absolute Gasteiger partial charge is 0.253 e. The summed E-state index contributed by atoms with van der Waals surface area (Å²) in [6.45, 7) is 7.18. The van der Waals surface area contributed by atoms with Gasteiger partial charge in [-0.2, -0.15) is 0 Å². The third-order valence-corrected chi connectivity index (χ3v) is 5.30. The molecule has 1 saturated carbocycles. The van der Waals surface area contributed by atoms with Gasteiger partial charge in [0.25, 0.3) is 11.8 Å². The van der Waals surface area contributed by atoms with Crippen LogP contribution in [0.3, 0.4) is 0 Å². The highest BCUT2D eigenvalue weighted by molar-refractivity contribution is 5.94. The maximum Gasteiger partial charge on any atom is 0.253 e. The van der Waals surface area contributed by atoms with Crippen LogP contribution in [0.15, 0.2) is 49.1 Å². The highest BCUT2D eigenvalue weighted by Gasteiger charge is 2.41. The summed E-state index contributed by atoms with van der Waals surface area (Å²) in [5, 5.41) is 6.21. The molecule has 1 fully saturated rings. The number of hydrogen-bond acceptors (Lipinski definition) is 4. The fourth-order valence-corrected chi connectivity index (χ4v) is 4.53. The zero-order valence-electron chi connectivity index (χ0n) is 16.7. The van der Waals surface area contributed by atoms with Crippen LogP contribution >= 0.6 is 0 Å². The van der Waals surface area contributed by atoms with Crippen LogP contribution in [0.5, 0.6) is 0 Å². The fraction of sp³-hybridized carbons (Fsp3) is 0.455. The summed E-state index contributed by atoms with van der Waals surface area (Å²) in [6.07, 6.45) is 9.16. The Morgan fingerprint density at radius 1 is 1.00 bits per heavy atom. The maximum absolute atomic E-state index is 12.6. The molecule has 1 aliphatic rings. The van der Waals surface area contributed by atoms with E-state index in [0.29, 0.717) is 17.7 Å². The third kappa shape index (κ3) is 5.15. The zero-order valence-corrected chi connectivity index (χ0v) is 16.7. The van der Waals surface area contributed by atoms with Gasteiger partial charge in [0.15, 0.2) is 0 Å². The van der Waals surface area contributed by atoms with Gasteiger partial charge in [-0.25, -0.2) is 0 Å². The molecule has 3 rings (SSSR count). The Morgan fingerprint density at radius 2 is 1.61 bits per heavy atom. The minimum absolute atomic E-state index is 0.0525. The van der Waals surface area contributed by atoms with Crippen molar-refractivity contribution < 1.29 is 9.59 Å². The van der Waals surface area contributed by atoms with Gasteiger partial charge in [-0.3, -0.25) is 19.6 Å². The highest BCUT2D eigenvalue weighted by Crippen LogP contribution is 2.45. The van der Waals surface area contributed by atoms with Crippen LogP contribution in [-0.4, -0.2) is 34.4 Å². The van der Waals surface area contributed by atoms with Crippen LogP contribution < -0.4 is 10.6 Å².